The van der Waals surface area contributed by atoms with E-state index in [9.17, 15) is 19.2 Å². The van der Waals surface area contributed by atoms with E-state index in [-0.39, 0.29) is 37.1 Å². The first-order chi connectivity index (χ1) is 14.4. The number of hydrogen-bond donors (Lipinski definition) is 1. The molecule has 1 aliphatic heterocycles. The summed E-state index contributed by atoms with van der Waals surface area (Å²) in [6, 6.07) is 4.58. The van der Waals surface area contributed by atoms with Crippen LogP contribution in [0.15, 0.2) is 29.2 Å². The molecule has 158 valence electrons. The Morgan fingerprint density at radius 1 is 1.27 bits per heavy atom. The summed E-state index contributed by atoms with van der Waals surface area (Å²) in [4.78, 5) is 54.6. The summed E-state index contributed by atoms with van der Waals surface area (Å²) in [5.74, 6) is -0.654. The smallest absolute Gasteiger partial charge is 0.325 e. The summed E-state index contributed by atoms with van der Waals surface area (Å²) >= 11 is 0. The van der Waals surface area contributed by atoms with Crippen LogP contribution in [0.4, 0.5) is 4.79 Å². The van der Waals surface area contributed by atoms with Crippen molar-refractivity contribution in [3.63, 3.8) is 0 Å². The molecule has 1 spiro atoms. The number of nitrogens with zero attached hydrogens (tertiary/aromatic N) is 3. The highest BCUT2D eigenvalue weighted by Gasteiger charge is 2.52. The topological polar surface area (TPSA) is 110 Å². The van der Waals surface area contributed by atoms with E-state index in [0.717, 1.165) is 18.4 Å². The Balaban J connectivity index is 1.29. The van der Waals surface area contributed by atoms with Gasteiger partial charge in [0.15, 0.2) is 0 Å². The molecule has 3 heterocycles. The van der Waals surface area contributed by atoms with E-state index in [1.807, 2.05) is 13.0 Å². The van der Waals surface area contributed by atoms with Crippen molar-refractivity contribution in [2.24, 2.45) is 0 Å². The van der Waals surface area contributed by atoms with Crippen LogP contribution in [0.2, 0.25) is 0 Å². The zero-order chi connectivity index (χ0) is 21.3. The number of aryl methyl sites for hydroxylation is 1. The van der Waals surface area contributed by atoms with Crippen LogP contribution in [0, 0.1) is 6.92 Å². The summed E-state index contributed by atoms with van der Waals surface area (Å²) in [6.45, 7) is 1.92. The number of ether oxygens (including phenoxy) is 1. The van der Waals surface area contributed by atoms with Crippen molar-refractivity contribution in [3.05, 3.63) is 46.0 Å². The fraction of sp³-hybridized carbons (Fsp3) is 0.476. The quantitative estimate of drug-likeness (QED) is 0.571. The van der Waals surface area contributed by atoms with Crippen LogP contribution < -0.4 is 10.9 Å². The number of nitrogens with one attached hydrogen (secondary N) is 1. The molecule has 30 heavy (non-hydrogen) atoms. The first-order valence-electron chi connectivity index (χ1n) is 10.2. The van der Waals surface area contributed by atoms with Crippen molar-refractivity contribution in [1.82, 2.24) is 19.6 Å². The summed E-state index contributed by atoms with van der Waals surface area (Å²) in [6.07, 6.45) is 5.23. The van der Waals surface area contributed by atoms with Gasteiger partial charge in [-0.1, -0.05) is 18.9 Å². The van der Waals surface area contributed by atoms with Crippen LogP contribution in [0.1, 0.15) is 49.8 Å². The van der Waals surface area contributed by atoms with Crippen molar-refractivity contribution in [2.45, 2.75) is 57.6 Å². The summed E-state index contributed by atoms with van der Waals surface area (Å²) in [7, 11) is 0. The van der Waals surface area contributed by atoms with Gasteiger partial charge in [0.2, 0.25) is 0 Å². The van der Waals surface area contributed by atoms with E-state index in [0.29, 0.717) is 30.6 Å². The third-order valence-electron chi connectivity index (χ3n) is 5.79. The lowest BCUT2D eigenvalue weighted by Crippen LogP contribution is -2.44. The van der Waals surface area contributed by atoms with Crippen LogP contribution >= 0.6 is 0 Å². The molecule has 3 amide bonds. The van der Waals surface area contributed by atoms with Gasteiger partial charge in [-0.3, -0.25) is 23.7 Å². The fourth-order valence-electron chi connectivity index (χ4n) is 4.19. The molecule has 2 fully saturated rings. The lowest BCUT2D eigenvalue weighted by Gasteiger charge is -2.19. The summed E-state index contributed by atoms with van der Waals surface area (Å²) < 4.78 is 6.67. The molecule has 9 heteroatoms. The van der Waals surface area contributed by atoms with Crippen molar-refractivity contribution in [2.75, 3.05) is 6.54 Å². The van der Waals surface area contributed by atoms with Crippen LogP contribution in [0.25, 0.3) is 5.65 Å². The number of hydrogen-bond acceptors (Lipinski definition) is 6. The minimum absolute atomic E-state index is 0.0651. The first kappa shape index (κ1) is 20.1. The van der Waals surface area contributed by atoms with Gasteiger partial charge in [-0.25, -0.2) is 9.78 Å². The number of urea groups is 1. The SMILES string of the molecule is Cc1cccn2c(=O)cc(COC(=O)CCCN3C(=O)NC4(CCCC4)C3=O)nc12. The monoisotopic (exact) mass is 412 g/mol. The minimum atomic E-state index is -0.731. The van der Waals surface area contributed by atoms with Gasteiger partial charge in [0, 0.05) is 25.2 Å². The Morgan fingerprint density at radius 2 is 2.03 bits per heavy atom. The molecule has 2 aliphatic rings. The van der Waals surface area contributed by atoms with Gasteiger partial charge in [0.25, 0.3) is 11.5 Å². The third-order valence-corrected chi connectivity index (χ3v) is 5.79. The second-order valence-electron chi connectivity index (χ2n) is 7.91. The zero-order valence-electron chi connectivity index (χ0n) is 16.8. The van der Waals surface area contributed by atoms with Crippen molar-refractivity contribution >= 4 is 23.6 Å². The molecule has 4 rings (SSSR count). The molecule has 0 radical (unpaired) electrons. The molecule has 9 nitrogen and oxygen atoms in total. The fourth-order valence-corrected chi connectivity index (χ4v) is 4.19. The predicted molar refractivity (Wildman–Crippen MR) is 107 cm³/mol. The van der Waals surface area contributed by atoms with Gasteiger partial charge in [0.1, 0.15) is 17.8 Å². The largest absolute Gasteiger partial charge is 0.459 e. The van der Waals surface area contributed by atoms with Crippen LogP contribution in [-0.2, 0) is 20.9 Å². The van der Waals surface area contributed by atoms with Crippen molar-refractivity contribution in [1.29, 1.82) is 0 Å². The first-order valence-corrected chi connectivity index (χ1v) is 10.2. The summed E-state index contributed by atoms with van der Waals surface area (Å²) in [5, 5.41) is 2.82. The van der Waals surface area contributed by atoms with E-state index in [2.05, 4.69) is 10.3 Å². The minimum Gasteiger partial charge on any atom is -0.459 e. The highest BCUT2D eigenvalue weighted by Crippen LogP contribution is 2.35. The van der Waals surface area contributed by atoms with E-state index in [1.165, 1.54) is 15.4 Å². The Labute approximate surface area is 173 Å². The number of rotatable bonds is 6. The average molecular weight is 412 g/mol. The summed E-state index contributed by atoms with van der Waals surface area (Å²) in [5.41, 5.74) is 0.770. The number of imide groups is 1. The molecule has 1 N–H and O–H groups in total. The van der Waals surface area contributed by atoms with E-state index < -0.39 is 11.5 Å². The molecule has 0 aromatic carbocycles. The standard InChI is InChI=1S/C21H24N4O5/c1-14-6-4-10-24-16(26)12-15(22-18(14)24)13-30-17(27)7-5-11-25-19(28)21(23-20(25)29)8-2-3-9-21/h4,6,10,12H,2-3,5,7-9,11,13H2,1H3,(H,23,29). The van der Waals surface area contributed by atoms with E-state index in [1.54, 1.807) is 12.3 Å². The second-order valence-corrected chi connectivity index (χ2v) is 7.91. The molecule has 1 saturated carbocycles. The molecule has 1 aliphatic carbocycles. The normalized spacial score (nSPS) is 17.7. The lowest BCUT2D eigenvalue weighted by atomic mass is 9.98. The van der Waals surface area contributed by atoms with Crippen LogP contribution in [0.5, 0.6) is 0 Å². The van der Waals surface area contributed by atoms with Crippen molar-refractivity contribution in [3.8, 4) is 0 Å². The third kappa shape index (κ3) is 3.67. The van der Waals surface area contributed by atoms with E-state index >= 15 is 0 Å². The Kier molecular flexibility index (Phi) is 5.27. The molecule has 0 atom stereocenters. The van der Waals surface area contributed by atoms with Crippen molar-refractivity contribution < 1.29 is 19.1 Å². The molecular weight excluding hydrogens is 388 g/mol. The molecule has 0 unspecified atom stereocenters. The second kappa shape index (κ2) is 7.89. The zero-order valence-corrected chi connectivity index (χ0v) is 16.8. The Morgan fingerprint density at radius 3 is 2.80 bits per heavy atom. The van der Waals surface area contributed by atoms with Crippen LogP contribution in [-0.4, -0.2) is 44.3 Å². The maximum Gasteiger partial charge on any atom is 0.325 e. The highest BCUT2D eigenvalue weighted by atomic mass is 16.5. The average Bonchev–Trinajstić information content (AvgIpc) is 3.27. The number of amides is 3. The van der Waals surface area contributed by atoms with Gasteiger partial charge in [0.05, 0.1) is 5.69 Å². The predicted octanol–water partition coefficient (Wildman–Crippen LogP) is 1.69. The maximum atomic E-state index is 12.6. The number of esters is 1. The Hall–Kier alpha value is -3.23. The molecular formula is C21H24N4O5. The van der Waals surface area contributed by atoms with Gasteiger partial charge < -0.3 is 10.1 Å². The number of fused-ring (bicyclic) bond motifs is 1. The van der Waals surface area contributed by atoms with Gasteiger partial charge in [-0.15, -0.1) is 0 Å². The van der Waals surface area contributed by atoms with E-state index in [4.69, 9.17) is 4.74 Å². The number of pyridine rings is 1. The Bertz CT molecular complexity index is 1070. The van der Waals surface area contributed by atoms with Crippen LogP contribution in [0.3, 0.4) is 0 Å². The highest BCUT2D eigenvalue weighted by molar-refractivity contribution is 6.07. The molecule has 2 aromatic heterocycles. The van der Waals surface area contributed by atoms with Gasteiger partial charge in [-0.05, 0) is 37.8 Å². The molecule has 1 saturated heterocycles. The van der Waals surface area contributed by atoms with Gasteiger partial charge in [-0.2, -0.15) is 0 Å². The maximum absolute atomic E-state index is 12.6. The molecule has 2 aromatic rings. The number of carbonyl (C=O) groups excluding carboxylic acids is 3. The number of aromatic nitrogens is 2. The lowest BCUT2D eigenvalue weighted by molar-refractivity contribution is -0.145. The number of carbonyl (C=O) groups is 3. The van der Waals surface area contributed by atoms with Gasteiger partial charge >= 0.3 is 12.0 Å². The molecule has 0 bridgehead atoms.